The van der Waals surface area contributed by atoms with E-state index in [1.165, 1.54) is 6.20 Å². The number of aromatic nitrogens is 2. The average molecular weight is 244 g/mol. The summed E-state index contributed by atoms with van der Waals surface area (Å²) in [5.41, 5.74) is 1.80. The van der Waals surface area contributed by atoms with E-state index in [1.54, 1.807) is 4.68 Å². The second kappa shape index (κ2) is 3.32. The van der Waals surface area contributed by atoms with Crippen LogP contribution in [0, 0.1) is 10.1 Å². The third-order valence-electron chi connectivity index (χ3n) is 3.10. The van der Waals surface area contributed by atoms with Crippen LogP contribution in [-0.4, -0.2) is 14.7 Å². The maximum atomic E-state index is 11.1. The third-order valence-corrected chi connectivity index (χ3v) is 3.10. The van der Waals surface area contributed by atoms with E-state index in [0.29, 0.717) is 5.69 Å². The Morgan fingerprint density at radius 3 is 2.83 bits per heavy atom. The van der Waals surface area contributed by atoms with E-state index in [4.69, 9.17) is 0 Å². The second-order valence-electron chi connectivity index (χ2n) is 4.78. The minimum Gasteiger partial charge on any atom is -0.361 e. The molecule has 0 fully saturated rings. The fourth-order valence-electron chi connectivity index (χ4n) is 2.33. The van der Waals surface area contributed by atoms with Crippen LogP contribution in [0.25, 0.3) is 11.3 Å². The molecule has 0 saturated heterocycles. The molecule has 18 heavy (non-hydrogen) atoms. The summed E-state index contributed by atoms with van der Waals surface area (Å²) in [5, 5.41) is 18.6. The SMILES string of the molecule is CC1(C)Nc2ccccc2-c2c([N+](=O)[O-])cnn21. The average Bonchev–Trinajstić information content (AvgIpc) is 2.74. The molecule has 0 amide bonds. The summed E-state index contributed by atoms with van der Waals surface area (Å²) in [7, 11) is 0. The van der Waals surface area contributed by atoms with E-state index in [-0.39, 0.29) is 5.69 Å². The number of nitrogens with one attached hydrogen (secondary N) is 1. The lowest BCUT2D eigenvalue weighted by molar-refractivity contribution is -0.384. The van der Waals surface area contributed by atoms with Crippen LogP contribution in [0.5, 0.6) is 0 Å². The number of hydrogen-bond acceptors (Lipinski definition) is 4. The summed E-state index contributed by atoms with van der Waals surface area (Å²) in [6.07, 6.45) is 1.31. The van der Waals surface area contributed by atoms with Gasteiger partial charge >= 0.3 is 5.69 Å². The van der Waals surface area contributed by atoms with Crippen LogP contribution in [0.3, 0.4) is 0 Å². The van der Waals surface area contributed by atoms with E-state index in [1.807, 2.05) is 38.1 Å². The zero-order chi connectivity index (χ0) is 12.9. The van der Waals surface area contributed by atoms with Crippen molar-refractivity contribution in [1.29, 1.82) is 0 Å². The van der Waals surface area contributed by atoms with Crippen molar-refractivity contribution < 1.29 is 4.92 Å². The van der Waals surface area contributed by atoms with Crippen LogP contribution >= 0.6 is 0 Å². The molecule has 1 aromatic heterocycles. The molecule has 2 aromatic rings. The van der Waals surface area contributed by atoms with Gasteiger partial charge < -0.3 is 5.32 Å². The number of para-hydroxylation sites is 1. The van der Waals surface area contributed by atoms with Crippen LogP contribution in [0.15, 0.2) is 30.5 Å². The van der Waals surface area contributed by atoms with Gasteiger partial charge in [-0.2, -0.15) is 5.10 Å². The van der Waals surface area contributed by atoms with Gasteiger partial charge in [0.1, 0.15) is 11.9 Å². The number of nitro groups is 1. The van der Waals surface area contributed by atoms with Gasteiger partial charge in [-0.3, -0.25) is 10.1 Å². The summed E-state index contributed by atoms with van der Waals surface area (Å²) in [5.74, 6) is 0. The van der Waals surface area contributed by atoms with Crippen LogP contribution in [0.1, 0.15) is 13.8 Å². The van der Waals surface area contributed by atoms with Gasteiger partial charge in [-0.15, -0.1) is 0 Å². The van der Waals surface area contributed by atoms with Gasteiger partial charge in [-0.05, 0) is 19.9 Å². The van der Waals surface area contributed by atoms with E-state index in [9.17, 15) is 10.1 Å². The zero-order valence-corrected chi connectivity index (χ0v) is 10.0. The number of rotatable bonds is 1. The van der Waals surface area contributed by atoms with Gasteiger partial charge in [0.2, 0.25) is 0 Å². The smallest absolute Gasteiger partial charge is 0.315 e. The first-order valence-corrected chi connectivity index (χ1v) is 5.61. The molecule has 92 valence electrons. The summed E-state index contributed by atoms with van der Waals surface area (Å²) < 4.78 is 1.66. The van der Waals surface area contributed by atoms with Gasteiger partial charge in [0.15, 0.2) is 5.69 Å². The van der Waals surface area contributed by atoms with Crippen molar-refractivity contribution >= 4 is 11.4 Å². The molecule has 1 aliphatic rings. The van der Waals surface area contributed by atoms with Crippen molar-refractivity contribution in [3.05, 3.63) is 40.6 Å². The molecule has 0 saturated carbocycles. The van der Waals surface area contributed by atoms with Gasteiger partial charge in [0.25, 0.3) is 0 Å². The van der Waals surface area contributed by atoms with Crippen molar-refractivity contribution in [3.8, 4) is 11.3 Å². The minimum absolute atomic E-state index is 0.0389. The lowest BCUT2D eigenvalue weighted by Crippen LogP contribution is -2.39. The molecule has 2 heterocycles. The Morgan fingerprint density at radius 1 is 1.39 bits per heavy atom. The highest BCUT2D eigenvalue weighted by Gasteiger charge is 2.36. The molecule has 0 bridgehead atoms. The number of anilines is 1. The highest BCUT2D eigenvalue weighted by atomic mass is 16.6. The first-order valence-electron chi connectivity index (χ1n) is 5.61. The van der Waals surface area contributed by atoms with E-state index in [2.05, 4.69) is 10.4 Å². The monoisotopic (exact) mass is 244 g/mol. The predicted molar refractivity (Wildman–Crippen MR) is 67.3 cm³/mol. The summed E-state index contributed by atoms with van der Waals surface area (Å²) in [4.78, 5) is 10.7. The Kier molecular flexibility index (Phi) is 1.98. The molecule has 0 radical (unpaired) electrons. The topological polar surface area (TPSA) is 73.0 Å². The molecule has 0 aliphatic carbocycles. The van der Waals surface area contributed by atoms with Crippen LogP contribution in [0.4, 0.5) is 11.4 Å². The first-order chi connectivity index (χ1) is 8.50. The van der Waals surface area contributed by atoms with Gasteiger partial charge in [0, 0.05) is 11.3 Å². The number of hydrogen-bond donors (Lipinski definition) is 1. The molecule has 3 rings (SSSR count). The van der Waals surface area contributed by atoms with Crippen LogP contribution in [0.2, 0.25) is 0 Å². The number of fused-ring (bicyclic) bond motifs is 3. The quantitative estimate of drug-likeness (QED) is 0.618. The molecule has 0 spiro atoms. The maximum absolute atomic E-state index is 11.1. The Balaban J connectivity index is 2.36. The number of nitrogens with zero attached hydrogens (tertiary/aromatic N) is 3. The lowest BCUT2D eigenvalue weighted by atomic mass is 10.0. The highest BCUT2D eigenvalue weighted by Crippen LogP contribution is 2.42. The summed E-state index contributed by atoms with van der Waals surface area (Å²) in [6, 6.07) is 7.54. The highest BCUT2D eigenvalue weighted by molar-refractivity contribution is 5.83. The molecule has 0 atom stereocenters. The molecular weight excluding hydrogens is 232 g/mol. The van der Waals surface area contributed by atoms with E-state index in [0.717, 1.165) is 11.3 Å². The summed E-state index contributed by atoms with van der Waals surface area (Å²) in [6.45, 7) is 3.87. The fourth-order valence-corrected chi connectivity index (χ4v) is 2.33. The first kappa shape index (κ1) is 10.8. The molecule has 1 aromatic carbocycles. The van der Waals surface area contributed by atoms with Crippen molar-refractivity contribution in [2.45, 2.75) is 19.5 Å². The van der Waals surface area contributed by atoms with Crippen molar-refractivity contribution in [2.75, 3.05) is 5.32 Å². The summed E-state index contributed by atoms with van der Waals surface area (Å²) >= 11 is 0. The van der Waals surface area contributed by atoms with E-state index < -0.39 is 10.6 Å². The van der Waals surface area contributed by atoms with Gasteiger partial charge in [-0.1, -0.05) is 18.2 Å². The van der Waals surface area contributed by atoms with Crippen LogP contribution in [-0.2, 0) is 5.66 Å². The molecule has 1 N–H and O–H groups in total. The fraction of sp³-hybridized carbons (Fsp3) is 0.250. The van der Waals surface area contributed by atoms with Gasteiger partial charge in [0.05, 0.1) is 4.92 Å². The maximum Gasteiger partial charge on any atom is 0.315 e. The Morgan fingerprint density at radius 2 is 2.11 bits per heavy atom. The predicted octanol–water partition coefficient (Wildman–Crippen LogP) is 2.58. The Bertz CT molecular complexity index is 645. The van der Waals surface area contributed by atoms with Crippen LogP contribution < -0.4 is 5.32 Å². The van der Waals surface area contributed by atoms with Gasteiger partial charge in [-0.25, -0.2) is 4.68 Å². The largest absolute Gasteiger partial charge is 0.361 e. The standard InChI is InChI=1S/C12H12N4O2/c1-12(2)14-9-6-4-3-5-8(9)11-10(16(17)18)7-13-15(11)12/h3-7,14H,1-2H3. The normalized spacial score (nSPS) is 15.4. The molecule has 1 aliphatic heterocycles. The molecular formula is C12H12N4O2. The molecule has 6 heteroatoms. The third kappa shape index (κ3) is 1.32. The number of benzene rings is 1. The van der Waals surface area contributed by atoms with Crippen molar-refractivity contribution in [3.63, 3.8) is 0 Å². The van der Waals surface area contributed by atoms with Crippen molar-refractivity contribution in [1.82, 2.24) is 9.78 Å². The molecule has 0 unspecified atom stereocenters. The molecule has 6 nitrogen and oxygen atoms in total. The Hall–Kier alpha value is -2.37. The lowest BCUT2D eigenvalue weighted by Gasteiger charge is -2.34. The zero-order valence-electron chi connectivity index (χ0n) is 10.0. The van der Waals surface area contributed by atoms with E-state index >= 15 is 0 Å². The minimum atomic E-state index is -0.488. The van der Waals surface area contributed by atoms with Crippen molar-refractivity contribution in [2.24, 2.45) is 0 Å². The Labute approximate surface area is 103 Å². The second-order valence-corrected chi connectivity index (χ2v) is 4.78.